The number of thioether (sulfide) groups is 1. The number of rotatable bonds is 3. The van der Waals surface area contributed by atoms with Gasteiger partial charge in [0, 0.05) is 19.8 Å². The maximum absolute atomic E-state index is 6.28. The van der Waals surface area contributed by atoms with Gasteiger partial charge in [0.25, 0.3) is 0 Å². The zero-order valence-corrected chi connectivity index (χ0v) is 16.1. The van der Waals surface area contributed by atoms with Crippen molar-refractivity contribution in [3.8, 4) is 0 Å². The van der Waals surface area contributed by atoms with Gasteiger partial charge in [-0.15, -0.1) is 0 Å². The number of hydrogen-bond acceptors (Lipinski definition) is 1. The molecule has 0 aliphatic heterocycles. The lowest BCUT2D eigenvalue weighted by molar-refractivity contribution is 1.31. The second-order valence-electron chi connectivity index (χ2n) is 6.21. The molecule has 3 heteroatoms. The van der Waals surface area contributed by atoms with Crippen LogP contribution in [0.2, 0.25) is 10.0 Å². The van der Waals surface area contributed by atoms with E-state index < -0.39 is 0 Å². The van der Waals surface area contributed by atoms with Crippen LogP contribution in [0.15, 0.2) is 71.6 Å². The molecule has 0 bridgehead atoms. The average Bonchev–Trinajstić information content (AvgIpc) is 2.95. The Hall–Kier alpha value is -1.67. The van der Waals surface area contributed by atoms with Gasteiger partial charge >= 0.3 is 0 Å². The van der Waals surface area contributed by atoms with Crippen LogP contribution in [-0.4, -0.2) is 0 Å². The molecule has 0 amide bonds. The largest absolute Gasteiger partial charge is 0.0891 e. The highest BCUT2D eigenvalue weighted by atomic mass is 35.5. The fraction of sp³-hybridized carbons (Fsp3) is 0.0909. The third-order valence-corrected chi connectivity index (χ3v) is 6.06. The van der Waals surface area contributed by atoms with Gasteiger partial charge < -0.3 is 0 Å². The molecule has 0 saturated carbocycles. The van der Waals surface area contributed by atoms with Gasteiger partial charge in [-0.1, -0.05) is 70.9 Å². The lowest BCUT2D eigenvalue weighted by Crippen LogP contribution is -1.86. The van der Waals surface area contributed by atoms with Crippen LogP contribution in [0.1, 0.15) is 22.3 Å². The predicted octanol–water partition coefficient (Wildman–Crippen LogP) is 7.52. The molecular formula is C22H16Cl2S. The summed E-state index contributed by atoms with van der Waals surface area (Å²) >= 11 is 14.1. The number of benzene rings is 3. The quantitative estimate of drug-likeness (QED) is 0.451. The molecule has 0 spiro atoms. The van der Waals surface area contributed by atoms with E-state index in [0.29, 0.717) is 0 Å². The van der Waals surface area contributed by atoms with E-state index in [4.69, 9.17) is 23.2 Å². The van der Waals surface area contributed by atoms with Crippen LogP contribution in [0.3, 0.4) is 0 Å². The summed E-state index contributed by atoms with van der Waals surface area (Å²) < 4.78 is 0. The summed E-state index contributed by atoms with van der Waals surface area (Å²) in [7, 11) is 0. The summed E-state index contributed by atoms with van der Waals surface area (Å²) in [6.45, 7) is 2.12. The molecule has 3 aromatic rings. The topological polar surface area (TPSA) is 0 Å². The molecule has 0 radical (unpaired) electrons. The Morgan fingerprint density at radius 1 is 0.800 bits per heavy atom. The van der Waals surface area contributed by atoms with Gasteiger partial charge in [0.15, 0.2) is 0 Å². The molecule has 0 N–H and O–H groups in total. The minimum absolute atomic E-state index is 0.756. The van der Waals surface area contributed by atoms with Crippen LogP contribution >= 0.6 is 35.0 Å². The van der Waals surface area contributed by atoms with Crippen molar-refractivity contribution in [2.75, 3.05) is 0 Å². The standard InChI is InChI=1S/C22H16Cl2S/c1-14-2-4-15(5-3-14)20-12-16-6-7-18(24)13-21(16)22(20)25-19-10-8-17(23)9-11-19/h2-11,13H,12H2,1H3. The van der Waals surface area contributed by atoms with E-state index in [9.17, 15) is 0 Å². The van der Waals surface area contributed by atoms with Crippen molar-refractivity contribution >= 4 is 45.4 Å². The van der Waals surface area contributed by atoms with E-state index >= 15 is 0 Å². The summed E-state index contributed by atoms with van der Waals surface area (Å²) in [4.78, 5) is 2.46. The van der Waals surface area contributed by atoms with E-state index in [1.54, 1.807) is 11.8 Å². The molecule has 0 saturated heterocycles. The predicted molar refractivity (Wildman–Crippen MR) is 110 cm³/mol. The minimum atomic E-state index is 0.756. The molecule has 0 aromatic heterocycles. The number of aryl methyl sites for hydroxylation is 1. The molecule has 3 aromatic carbocycles. The molecule has 1 aliphatic carbocycles. The number of hydrogen-bond donors (Lipinski definition) is 0. The maximum atomic E-state index is 6.28. The lowest BCUT2D eigenvalue weighted by Gasteiger charge is -2.10. The molecule has 0 heterocycles. The van der Waals surface area contributed by atoms with Gasteiger partial charge in [-0.05, 0) is 72.0 Å². The van der Waals surface area contributed by atoms with E-state index in [-0.39, 0.29) is 0 Å². The molecule has 0 nitrogen and oxygen atoms in total. The fourth-order valence-electron chi connectivity index (χ4n) is 3.07. The Morgan fingerprint density at radius 2 is 1.48 bits per heavy atom. The highest BCUT2D eigenvalue weighted by Gasteiger charge is 2.23. The van der Waals surface area contributed by atoms with Crippen molar-refractivity contribution in [1.29, 1.82) is 0 Å². The molecular weight excluding hydrogens is 367 g/mol. The smallest absolute Gasteiger partial charge is 0.0412 e. The van der Waals surface area contributed by atoms with Gasteiger partial charge in [0.1, 0.15) is 0 Å². The van der Waals surface area contributed by atoms with Crippen molar-refractivity contribution in [2.45, 2.75) is 18.2 Å². The van der Waals surface area contributed by atoms with Gasteiger partial charge in [0.05, 0.1) is 0 Å². The monoisotopic (exact) mass is 382 g/mol. The third kappa shape index (κ3) is 3.50. The highest BCUT2D eigenvalue weighted by molar-refractivity contribution is 8.08. The molecule has 1 aliphatic rings. The normalized spacial score (nSPS) is 13.2. The van der Waals surface area contributed by atoms with Crippen molar-refractivity contribution in [1.82, 2.24) is 0 Å². The summed E-state index contributed by atoms with van der Waals surface area (Å²) in [6.07, 6.45) is 0.936. The summed E-state index contributed by atoms with van der Waals surface area (Å²) in [5.74, 6) is 0. The lowest BCUT2D eigenvalue weighted by atomic mass is 10.0. The molecule has 0 atom stereocenters. The Bertz CT molecular complexity index is 954. The second-order valence-corrected chi connectivity index (χ2v) is 8.16. The highest BCUT2D eigenvalue weighted by Crippen LogP contribution is 2.48. The molecule has 0 unspecified atom stereocenters. The average molecular weight is 383 g/mol. The zero-order valence-electron chi connectivity index (χ0n) is 13.7. The van der Waals surface area contributed by atoms with Crippen LogP contribution in [-0.2, 0) is 6.42 Å². The van der Waals surface area contributed by atoms with Crippen molar-refractivity contribution < 1.29 is 0 Å². The fourth-order valence-corrected chi connectivity index (χ4v) is 4.49. The Balaban J connectivity index is 1.82. The third-order valence-electron chi connectivity index (χ3n) is 4.39. The molecule has 0 fully saturated rings. The number of fused-ring (bicyclic) bond motifs is 1. The second kappa shape index (κ2) is 6.92. The van der Waals surface area contributed by atoms with Gasteiger partial charge in [-0.2, -0.15) is 0 Å². The van der Waals surface area contributed by atoms with E-state index in [0.717, 1.165) is 16.5 Å². The summed E-state index contributed by atoms with van der Waals surface area (Å²) in [5.41, 5.74) is 6.47. The minimum Gasteiger partial charge on any atom is -0.0891 e. The number of halogens is 2. The SMILES string of the molecule is Cc1ccc(C2=C(Sc3ccc(Cl)cc3)c3cc(Cl)ccc3C2)cc1. The molecule has 124 valence electrons. The number of allylic oxidation sites excluding steroid dienone is 1. The Kier molecular flexibility index (Phi) is 4.64. The van der Waals surface area contributed by atoms with E-state index in [2.05, 4.69) is 55.5 Å². The van der Waals surface area contributed by atoms with Crippen molar-refractivity contribution in [3.05, 3.63) is 99.0 Å². The van der Waals surface area contributed by atoms with Crippen molar-refractivity contribution in [3.63, 3.8) is 0 Å². The van der Waals surface area contributed by atoms with Crippen molar-refractivity contribution in [2.24, 2.45) is 0 Å². The zero-order chi connectivity index (χ0) is 17.4. The summed E-state index contributed by atoms with van der Waals surface area (Å²) in [6, 6.07) is 23.0. The Morgan fingerprint density at radius 3 is 2.20 bits per heavy atom. The molecule has 25 heavy (non-hydrogen) atoms. The first kappa shape index (κ1) is 16.8. The van der Waals surface area contributed by atoms with Gasteiger partial charge in [0.2, 0.25) is 0 Å². The molecule has 4 rings (SSSR count). The first-order valence-electron chi connectivity index (χ1n) is 8.12. The van der Waals surface area contributed by atoms with Crippen LogP contribution in [0.25, 0.3) is 10.5 Å². The first-order chi connectivity index (χ1) is 12.1. The first-order valence-corrected chi connectivity index (χ1v) is 9.70. The van der Waals surface area contributed by atoms with Crippen LogP contribution < -0.4 is 0 Å². The van der Waals surface area contributed by atoms with Crippen LogP contribution in [0.5, 0.6) is 0 Å². The van der Waals surface area contributed by atoms with Gasteiger partial charge in [-0.3, -0.25) is 0 Å². The van der Waals surface area contributed by atoms with E-state index in [1.807, 2.05) is 18.2 Å². The summed E-state index contributed by atoms with van der Waals surface area (Å²) in [5, 5.41) is 1.53. The maximum Gasteiger partial charge on any atom is 0.0412 e. The Labute approximate surface area is 162 Å². The van der Waals surface area contributed by atoms with Crippen LogP contribution in [0, 0.1) is 6.92 Å². The van der Waals surface area contributed by atoms with E-state index in [1.165, 1.54) is 37.6 Å². The van der Waals surface area contributed by atoms with Gasteiger partial charge in [-0.25, -0.2) is 0 Å². The van der Waals surface area contributed by atoms with Crippen LogP contribution in [0.4, 0.5) is 0 Å².